The Morgan fingerprint density at radius 2 is 2.25 bits per heavy atom. The van der Waals surface area contributed by atoms with Crippen molar-refractivity contribution < 1.29 is 18.8 Å². The third-order valence-corrected chi connectivity index (χ3v) is 1.99. The highest BCUT2D eigenvalue weighted by Crippen LogP contribution is 2.19. The lowest BCUT2D eigenvalue weighted by Gasteiger charge is -1.98. The molecule has 1 N–H and O–H groups in total. The van der Waals surface area contributed by atoms with Crippen molar-refractivity contribution in [3.63, 3.8) is 0 Å². The highest BCUT2D eigenvalue weighted by molar-refractivity contribution is 5.88. The van der Waals surface area contributed by atoms with Gasteiger partial charge >= 0.3 is 5.97 Å². The van der Waals surface area contributed by atoms with Crippen molar-refractivity contribution in [2.75, 3.05) is 0 Å². The fourth-order valence-corrected chi connectivity index (χ4v) is 1.24. The number of hydrogen-bond acceptors (Lipinski definition) is 4. The molecule has 0 bridgehead atoms. The van der Waals surface area contributed by atoms with Crippen molar-refractivity contribution in [2.24, 2.45) is 0 Å². The maximum Gasteiger partial charge on any atom is 0.338 e. The van der Waals surface area contributed by atoms with Crippen LogP contribution < -0.4 is 0 Å². The quantitative estimate of drug-likeness (QED) is 0.839. The van der Waals surface area contributed by atoms with E-state index in [1.54, 1.807) is 6.92 Å². The minimum absolute atomic E-state index is 0.230. The Hall–Kier alpha value is -2.24. The Bertz CT molecular complexity index is 551. The topological polar surface area (TPSA) is 76.2 Å². The number of carboxylic acids is 1. The summed E-state index contributed by atoms with van der Waals surface area (Å²) in [6.07, 6.45) is 0. The second kappa shape index (κ2) is 3.73. The van der Waals surface area contributed by atoms with Gasteiger partial charge in [-0.25, -0.2) is 9.18 Å². The molecule has 0 spiro atoms. The van der Waals surface area contributed by atoms with Crippen LogP contribution in [0.5, 0.6) is 0 Å². The van der Waals surface area contributed by atoms with Gasteiger partial charge in [-0.3, -0.25) is 0 Å². The van der Waals surface area contributed by atoms with Crippen LogP contribution in [0.1, 0.15) is 16.2 Å². The summed E-state index contributed by atoms with van der Waals surface area (Å²) in [7, 11) is 0. The average molecular weight is 222 g/mol. The van der Waals surface area contributed by atoms with Gasteiger partial charge in [-0.1, -0.05) is 5.16 Å². The monoisotopic (exact) mass is 222 g/mol. The number of halogens is 1. The van der Waals surface area contributed by atoms with E-state index >= 15 is 0 Å². The molecule has 82 valence electrons. The Balaban J connectivity index is 2.45. The fourth-order valence-electron chi connectivity index (χ4n) is 1.24. The lowest BCUT2D eigenvalue weighted by Crippen LogP contribution is -2.00. The standard InChI is InChI=1S/C10H7FN2O3/c1-5-12-9(13-16-5)6-2-3-7(10(14)15)8(11)4-6/h2-4H,1H3,(H,14,15). The predicted octanol–water partition coefficient (Wildman–Crippen LogP) is 1.88. The second-order valence-electron chi connectivity index (χ2n) is 3.14. The second-order valence-corrected chi connectivity index (χ2v) is 3.14. The third kappa shape index (κ3) is 1.77. The normalized spacial score (nSPS) is 10.4. The van der Waals surface area contributed by atoms with Crippen LogP contribution in [0.25, 0.3) is 11.4 Å². The molecule has 6 heteroatoms. The molecule has 0 amide bonds. The first-order valence-corrected chi connectivity index (χ1v) is 4.41. The van der Waals surface area contributed by atoms with Gasteiger partial charge in [-0.15, -0.1) is 0 Å². The lowest BCUT2D eigenvalue weighted by molar-refractivity contribution is 0.0692. The summed E-state index contributed by atoms with van der Waals surface area (Å²) < 4.78 is 18.1. The number of carbonyl (C=O) groups is 1. The van der Waals surface area contributed by atoms with Gasteiger partial charge in [0.05, 0.1) is 5.56 Å². The maximum atomic E-state index is 13.3. The Kier molecular flexibility index (Phi) is 2.40. The van der Waals surface area contributed by atoms with Crippen LogP contribution in [0.3, 0.4) is 0 Å². The van der Waals surface area contributed by atoms with Gasteiger partial charge in [0.25, 0.3) is 0 Å². The van der Waals surface area contributed by atoms with Crippen LogP contribution in [0.15, 0.2) is 22.7 Å². The smallest absolute Gasteiger partial charge is 0.338 e. The Morgan fingerprint density at radius 1 is 1.50 bits per heavy atom. The van der Waals surface area contributed by atoms with Gasteiger partial charge in [0.15, 0.2) is 0 Å². The van der Waals surface area contributed by atoms with E-state index in [9.17, 15) is 9.18 Å². The van der Waals surface area contributed by atoms with Crippen molar-refractivity contribution >= 4 is 5.97 Å². The molecule has 5 nitrogen and oxygen atoms in total. The summed E-state index contributed by atoms with van der Waals surface area (Å²) in [5.74, 6) is -1.55. The summed E-state index contributed by atoms with van der Waals surface area (Å²) in [6, 6.07) is 3.66. The van der Waals surface area contributed by atoms with Crippen molar-refractivity contribution in [2.45, 2.75) is 6.92 Å². The molecule has 0 aliphatic rings. The number of hydrogen-bond donors (Lipinski definition) is 1. The molecule has 0 aliphatic heterocycles. The largest absolute Gasteiger partial charge is 0.478 e. The van der Waals surface area contributed by atoms with Gasteiger partial charge in [0.2, 0.25) is 11.7 Å². The zero-order chi connectivity index (χ0) is 11.7. The average Bonchev–Trinajstić information content (AvgIpc) is 2.64. The molecule has 0 fully saturated rings. The molecule has 1 aromatic carbocycles. The van der Waals surface area contributed by atoms with E-state index in [1.165, 1.54) is 12.1 Å². The molecule has 2 aromatic rings. The molecule has 2 rings (SSSR count). The molecule has 0 aliphatic carbocycles. The summed E-state index contributed by atoms with van der Waals surface area (Å²) in [4.78, 5) is 14.5. The van der Waals surface area contributed by atoms with E-state index in [-0.39, 0.29) is 11.4 Å². The van der Waals surface area contributed by atoms with E-state index in [0.717, 1.165) is 6.07 Å². The minimum atomic E-state index is -1.31. The zero-order valence-corrected chi connectivity index (χ0v) is 8.27. The van der Waals surface area contributed by atoms with Crippen molar-refractivity contribution in [3.05, 3.63) is 35.5 Å². The molecule has 0 saturated heterocycles. The molecular weight excluding hydrogens is 215 g/mol. The van der Waals surface area contributed by atoms with Crippen molar-refractivity contribution in [3.8, 4) is 11.4 Å². The number of nitrogens with zero attached hydrogens (tertiary/aromatic N) is 2. The highest BCUT2D eigenvalue weighted by Gasteiger charge is 2.13. The predicted molar refractivity (Wildman–Crippen MR) is 51.4 cm³/mol. The van der Waals surface area contributed by atoms with Gasteiger partial charge in [0.1, 0.15) is 5.82 Å². The van der Waals surface area contributed by atoms with Crippen molar-refractivity contribution in [1.29, 1.82) is 0 Å². The molecule has 0 atom stereocenters. The van der Waals surface area contributed by atoms with E-state index < -0.39 is 11.8 Å². The summed E-state index contributed by atoms with van der Waals surface area (Å²) in [5.41, 5.74) is -0.0108. The van der Waals surface area contributed by atoms with E-state index in [1.807, 2.05) is 0 Å². The molecular formula is C10H7FN2O3. The summed E-state index contributed by atoms with van der Waals surface area (Å²) in [5, 5.41) is 12.2. The first-order chi connectivity index (χ1) is 7.58. The fraction of sp³-hybridized carbons (Fsp3) is 0.100. The van der Waals surface area contributed by atoms with Gasteiger partial charge < -0.3 is 9.63 Å². The summed E-state index contributed by atoms with van der Waals surface area (Å²) >= 11 is 0. The molecule has 1 aromatic heterocycles. The van der Waals surface area contributed by atoms with Crippen LogP contribution in [0.2, 0.25) is 0 Å². The number of benzene rings is 1. The van der Waals surface area contributed by atoms with E-state index in [2.05, 4.69) is 10.1 Å². The van der Waals surface area contributed by atoms with Gasteiger partial charge in [-0.05, 0) is 18.2 Å². The van der Waals surface area contributed by atoms with Crippen LogP contribution in [0.4, 0.5) is 4.39 Å². The third-order valence-electron chi connectivity index (χ3n) is 1.99. The highest BCUT2D eigenvalue weighted by atomic mass is 19.1. The van der Waals surface area contributed by atoms with Crippen LogP contribution in [-0.4, -0.2) is 21.2 Å². The van der Waals surface area contributed by atoms with Gasteiger partial charge in [0, 0.05) is 12.5 Å². The SMILES string of the molecule is Cc1nc(-c2ccc(C(=O)O)c(F)c2)no1. The molecule has 0 saturated carbocycles. The maximum absolute atomic E-state index is 13.3. The number of aryl methyl sites for hydroxylation is 1. The molecule has 16 heavy (non-hydrogen) atoms. The minimum Gasteiger partial charge on any atom is -0.478 e. The number of carboxylic acid groups (broad SMARTS) is 1. The number of aromatic carboxylic acids is 1. The first-order valence-electron chi connectivity index (χ1n) is 4.41. The van der Waals surface area contributed by atoms with Crippen LogP contribution in [0, 0.1) is 12.7 Å². The Labute approximate surface area is 89.5 Å². The summed E-state index contributed by atoms with van der Waals surface area (Å²) in [6.45, 7) is 1.61. The lowest BCUT2D eigenvalue weighted by atomic mass is 10.1. The first kappa shape index (κ1) is 10.3. The van der Waals surface area contributed by atoms with Crippen molar-refractivity contribution in [1.82, 2.24) is 10.1 Å². The van der Waals surface area contributed by atoms with Crippen LogP contribution >= 0.6 is 0 Å². The van der Waals surface area contributed by atoms with Gasteiger partial charge in [-0.2, -0.15) is 4.98 Å². The zero-order valence-electron chi connectivity index (χ0n) is 8.27. The van der Waals surface area contributed by atoms with Crippen LogP contribution in [-0.2, 0) is 0 Å². The number of aromatic nitrogens is 2. The molecule has 1 heterocycles. The molecule has 0 radical (unpaired) electrons. The van der Waals surface area contributed by atoms with E-state index in [4.69, 9.17) is 9.63 Å². The number of rotatable bonds is 2. The molecule has 0 unspecified atom stereocenters. The van der Waals surface area contributed by atoms with E-state index in [0.29, 0.717) is 11.5 Å². The Morgan fingerprint density at radius 3 is 2.75 bits per heavy atom.